The van der Waals surface area contributed by atoms with Crippen molar-refractivity contribution in [3.63, 3.8) is 0 Å². The Kier molecular flexibility index (Phi) is 2.84. The van der Waals surface area contributed by atoms with Gasteiger partial charge in [-0.15, -0.1) is 0 Å². The molecule has 3 nitrogen and oxygen atoms in total. The maximum absolute atomic E-state index is 12.5. The molecule has 0 spiro atoms. The van der Waals surface area contributed by atoms with Crippen LogP contribution in [0, 0.1) is 5.92 Å². The third-order valence-electron chi connectivity index (χ3n) is 3.54. The molecule has 0 amide bonds. The summed E-state index contributed by atoms with van der Waals surface area (Å²) >= 11 is 0. The Labute approximate surface area is 106 Å². The summed E-state index contributed by atoms with van der Waals surface area (Å²) in [5.41, 5.74) is 1.44. The quantitative estimate of drug-likeness (QED) is 0.759. The number of hydrogen-bond acceptors (Lipinski definition) is 3. The topological polar surface area (TPSA) is 39.2 Å². The summed E-state index contributed by atoms with van der Waals surface area (Å²) in [4.78, 5) is 16.8. The second kappa shape index (κ2) is 4.50. The second-order valence-corrected chi connectivity index (χ2v) is 4.80. The molecule has 92 valence electrons. The van der Waals surface area contributed by atoms with Crippen molar-refractivity contribution in [3.05, 3.63) is 42.1 Å². The SMILES string of the molecule is CC1CCOC1C(=O)c1cccc2cccnc12. The molecule has 2 unspecified atom stereocenters. The summed E-state index contributed by atoms with van der Waals surface area (Å²) in [5.74, 6) is 0.348. The van der Waals surface area contributed by atoms with Crippen LogP contribution in [0.1, 0.15) is 23.7 Å². The molecule has 18 heavy (non-hydrogen) atoms. The lowest BCUT2D eigenvalue weighted by molar-refractivity contribution is 0.0581. The van der Waals surface area contributed by atoms with Gasteiger partial charge in [-0.1, -0.05) is 25.1 Å². The largest absolute Gasteiger partial charge is 0.370 e. The number of carbonyl (C=O) groups excluding carboxylic acids is 1. The molecule has 2 atom stereocenters. The van der Waals surface area contributed by atoms with Crippen molar-refractivity contribution in [2.45, 2.75) is 19.4 Å². The number of para-hydroxylation sites is 1. The number of Topliss-reactive ketones (excluding diaryl/α,β-unsaturated/α-hetero) is 1. The number of ether oxygens (including phenoxy) is 1. The fourth-order valence-corrected chi connectivity index (χ4v) is 2.49. The Morgan fingerprint density at radius 2 is 2.17 bits per heavy atom. The minimum atomic E-state index is -0.308. The summed E-state index contributed by atoms with van der Waals surface area (Å²) in [6.07, 6.45) is 2.37. The predicted molar refractivity (Wildman–Crippen MR) is 69.6 cm³/mol. The molecular formula is C15H15NO2. The number of rotatable bonds is 2. The van der Waals surface area contributed by atoms with Crippen molar-refractivity contribution in [3.8, 4) is 0 Å². The maximum Gasteiger partial charge on any atom is 0.194 e. The van der Waals surface area contributed by atoms with Gasteiger partial charge in [0.1, 0.15) is 6.10 Å². The van der Waals surface area contributed by atoms with E-state index in [1.165, 1.54) is 0 Å². The second-order valence-electron chi connectivity index (χ2n) is 4.80. The molecule has 2 heterocycles. The van der Waals surface area contributed by atoms with Crippen LogP contribution in [0.2, 0.25) is 0 Å². The Hall–Kier alpha value is -1.74. The van der Waals surface area contributed by atoms with Gasteiger partial charge < -0.3 is 4.74 Å². The highest BCUT2D eigenvalue weighted by molar-refractivity contribution is 6.08. The molecule has 0 aliphatic carbocycles. The van der Waals surface area contributed by atoms with Gasteiger partial charge in [0.25, 0.3) is 0 Å². The molecule has 1 aliphatic heterocycles. The lowest BCUT2D eigenvalue weighted by atomic mass is 9.95. The highest BCUT2D eigenvalue weighted by Crippen LogP contribution is 2.26. The standard InChI is InChI=1S/C15H15NO2/c1-10-7-9-18-15(10)14(17)12-6-2-4-11-5-3-8-16-13(11)12/h2-6,8,10,15H,7,9H2,1H3. The molecule has 1 aromatic carbocycles. The van der Waals surface area contributed by atoms with Gasteiger partial charge >= 0.3 is 0 Å². The van der Waals surface area contributed by atoms with E-state index in [1.807, 2.05) is 30.3 Å². The number of benzene rings is 1. The van der Waals surface area contributed by atoms with Crippen molar-refractivity contribution >= 4 is 16.7 Å². The molecule has 1 aromatic heterocycles. The highest BCUT2D eigenvalue weighted by atomic mass is 16.5. The van der Waals surface area contributed by atoms with Gasteiger partial charge in [0.15, 0.2) is 5.78 Å². The molecule has 1 aliphatic rings. The number of nitrogens with zero attached hydrogens (tertiary/aromatic N) is 1. The first kappa shape index (κ1) is 11.4. The highest BCUT2D eigenvalue weighted by Gasteiger charge is 2.32. The van der Waals surface area contributed by atoms with Crippen LogP contribution in [0.5, 0.6) is 0 Å². The number of fused-ring (bicyclic) bond motifs is 1. The van der Waals surface area contributed by atoms with Crippen LogP contribution in [0.15, 0.2) is 36.5 Å². The van der Waals surface area contributed by atoms with E-state index in [-0.39, 0.29) is 17.8 Å². The molecule has 3 rings (SSSR count). The zero-order valence-electron chi connectivity index (χ0n) is 10.3. The predicted octanol–water partition coefficient (Wildman–Crippen LogP) is 2.84. The Bertz CT molecular complexity index is 589. The first-order valence-electron chi connectivity index (χ1n) is 6.27. The Morgan fingerprint density at radius 1 is 1.33 bits per heavy atom. The van der Waals surface area contributed by atoms with E-state index in [0.717, 1.165) is 17.3 Å². The van der Waals surface area contributed by atoms with E-state index >= 15 is 0 Å². The van der Waals surface area contributed by atoms with Gasteiger partial charge in [0, 0.05) is 23.8 Å². The van der Waals surface area contributed by atoms with E-state index in [0.29, 0.717) is 12.2 Å². The van der Waals surface area contributed by atoms with Crippen LogP contribution in [0.25, 0.3) is 10.9 Å². The van der Waals surface area contributed by atoms with E-state index in [2.05, 4.69) is 11.9 Å². The summed E-state index contributed by atoms with van der Waals surface area (Å²) in [5, 5.41) is 0.994. The fraction of sp³-hybridized carbons (Fsp3) is 0.333. The lowest BCUT2D eigenvalue weighted by Crippen LogP contribution is -2.25. The zero-order chi connectivity index (χ0) is 12.5. The first-order chi connectivity index (χ1) is 8.77. The number of ketones is 1. The summed E-state index contributed by atoms with van der Waals surface area (Å²) in [7, 11) is 0. The molecule has 3 heteroatoms. The van der Waals surface area contributed by atoms with E-state index < -0.39 is 0 Å². The van der Waals surface area contributed by atoms with Gasteiger partial charge in [0.05, 0.1) is 5.52 Å². The third kappa shape index (κ3) is 1.81. The number of carbonyl (C=O) groups is 1. The minimum absolute atomic E-state index is 0.0595. The van der Waals surface area contributed by atoms with Crippen molar-refractivity contribution in [2.75, 3.05) is 6.61 Å². The van der Waals surface area contributed by atoms with Gasteiger partial charge in [-0.3, -0.25) is 9.78 Å². The van der Waals surface area contributed by atoms with Gasteiger partial charge in [-0.05, 0) is 24.5 Å². The first-order valence-corrected chi connectivity index (χ1v) is 6.27. The molecule has 0 N–H and O–H groups in total. The molecular weight excluding hydrogens is 226 g/mol. The zero-order valence-corrected chi connectivity index (χ0v) is 10.3. The molecule has 2 aromatic rings. The average Bonchev–Trinajstić information content (AvgIpc) is 2.83. The number of hydrogen-bond donors (Lipinski definition) is 0. The van der Waals surface area contributed by atoms with Crippen molar-refractivity contribution in [2.24, 2.45) is 5.92 Å². The monoisotopic (exact) mass is 241 g/mol. The molecule has 0 radical (unpaired) electrons. The van der Waals surface area contributed by atoms with Gasteiger partial charge in [0.2, 0.25) is 0 Å². The van der Waals surface area contributed by atoms with Crippen LogP contribution >= 0.6 is 0 Å². The summed E-state index contributed by atoms with van der Waals surface area (Å²) < 4.78 is 5.55. The Morgan fingerprint density at radius 3 is 2.94 bits per heavy atom. The van der Waals surface area contributed by atoms with E-state index in [4.69, 9.17) is 4.74 Å². The van der Waals surface area contributed by atoms with Crippen molar-refractivity contribution < 1.29 is 9.53 Å². The van der Waals surface area contributed by atoms with Crippen LogP contribution in [0.4, 0.5) is 0 Å². The summed E-state index contributed by atoms with van der Waals surface area (Å²) in [6, 6.07) is 9.56. The normalized spacial score (nSPS) is 23.4. The average molecular weight is 241 g/mol. The van der Waals surface area contributed by atoms with Crippen LogP contribution in [-0.4, -0.2) is 23.5 Å². The summed E-state index contributed by atoms with van der Waals surface area (Å²) in [6.45, 7) is 2.74. The smallest absolute Gasteiger partial charge is 0.194 e. The Balaban J connectivity index is 2.06. The third-order valence-corrected chi connectivity index (χ3v) is 3.54. The maximum atomic E-state index is 12.5. The molecule has 0 bridgehead atoms. The number of aromatic nitrogens is 1. The van der Waals surface area contributed by atoms with Crippen molar-refractivity contribution in [1.82, 2.24) is 4.98 Å². The molecule has 1 fully saturated rings. The van der Waals surface area contributed by atoms with Crippen LogP contribution < -0.4 is 0 Å². The lowest BCUT2D eigenvalue weighted by Gasteiger charge is -2.14. The van der Waals surface area contributed by atoms with Crippen LogP contribution in [-0.2, 0) is 4.74 Å². The van der Waals surface area contributed by atoms with E-state index in [9.17, 15) is 4.79 Å². The molecule has 0 saturated carbocycles. The molecule has 1 saturated heterocycles. The fourth-order valence-electron chi connectivity index (χ4n) is 2.49. The minimum Gasteiger partial charge on any atom is -0.370 e. The van der Waals surface area contributed by atoms with Gasteiger partial charge in [-0.25, -0.2) is 0 Å². The van der Waals surface area contributed by atoms with Crippen molar-refractivity contribution in [1.29, 1.82) is 0 Å². The number of pyridine rings is 1. The van der Waals surface area contributed by atoms with Gasteiger partial charge in [-0.2, -0.15) is 0 Å². The van der Waals surface area contributed by atoms with E-state index in [1.54, 1.807) is 6.20 Å². The van der Waals surface area contributed by atoms with Crippen LogP contribution in [0.3, 0.4) is 0 Å².